The zero-order valence-electron chi connectivity index (χ0n) is 9.37. The summed E-state index contributed by atoms with van der Waals surface area (Å²) in [5, 5.41) is 10.7. The van der Waals surface area contributed by atoms with Crippen molar-refractivity contribution in [3.05, 3.63) is 46.1 Å². The minimum atomic E-state index is -0.211. The molecule has 2 rings (SSSR count). The molecule has 0 aliphatic heterocycles. The molecule has 1 aromatic carbocycles. The summed E-state index contributed by atoms with van der Waals surface area (Å²) < 4.78 is 0. The van der Waals surface area contributed by atoms with E-state index in [-0.39, 0.29) is 11.3 Å². The molecule has 1 aromatic heterocycles. The number of pyridine rings is 1. The van der Waals surface area contributed by atoms with Gasteiger partial charge in [-0.1, -0.05) is 12.1 Å². The van der Waals surface area contributed by atoms with Crippen LogP contribution in [0.3, 0.4) is 0 Å². The summed E-state index contributed by atoms with van der Waals surface area (Å²) in [6.45, 7) is 3.88. The first-order valence-electron chi connectivity index (χ1n) is 5.21. The first-order valence-corrected chi connectivity index (χ1v) is 5.21. The van der Waals surface area contributed by atoms with Crippen molar-refractivity contribution in [3.8, 4) is 5.75 Å². The summed E-state index contributed by atoms with van der Waals surface area (Å²) in [5.41, 5.74) is 0.901. The van der Waals surface area contributed by atoms with E-state index in [2.05, 4.69) is 4.98 Å². The third kappa shape index (κ3) is 1.76. The zero-order valence-corrected chi connectivity index (χ0v) is 9.37. The molecule has 0 saturated carbocycles. The summed E-state index contributed by atoms with van der Waals surface area (Å²) in [6.07, 6.45) is 0.506. The number of aromatic nitrogens is 1. The molecule has 82 valence electrons. The Morgan fingerprint density at radius 2 is 2.00 bits per heavy atom. The van der Waals surface area contributed by atoms with E-state index >= 15 is 0 Å². The van der Waals surface area contributed by atoms with E-state index in [1.807, 2.05) is 26.0 Å². The van der Waals surface area contributed by atoms with E-state index in [0.717, 1.165) is 5.92 Å². The number of rotatable bonds is 2. The predicted molar refractivity (Wildman–Crippen MR) is 64.5 cm³/mol. The molecule has 0 fully saturated rings. The Balaban J connectivity index is 2.71. The van der Waals surface area contributed by atoms with Crippen LogP contribution in [0.4, 0.5) is 0 Å². The first-order chi connectivity index (χ1) is 7.59. The second kappa shape index (κ2) is 3.93. The van der Waals surface area contributed by atoms with Crippen LogP contribution < -0.4 is 5.56 Å². The number of aromatic amines is 1. The molecule has 0 amide bonds. The number of aromatic hydroxyl groups is 1. The van der Waals surface area contributed by atoms with Crippen LogP contribution in [0.1, 0.15) is 19.4 Å². The van der Waals surface area contributed by atoms with Crippen molar-refractivity contribution >= 4 is 10.9 Å². The lowest BCUT2D eigenvalue weighted by atomic mass is 10.0. The summed E-state index contributed by atoms with van der Waals surface area (Å²) in [7, 11) is 0. The van der Waals surface area contributed by atoms with Gasteiger partial charge in [-0.15, -0.1) is 0 Å². The van der Waals surface area contributed by atoms with Gasteiger partial charge >= 0.3 is 0 Å². The van der Waals surface area contributed by atoms with E-state index in [0.29, 0.717) is 22.9 Å². The van der Waals surface area contributed by atoms with E-state index in [1.165, 1.54) is 0 Å². The SMILES string of the molecule is C[C+](C)Cc1c(O)c2ccccc2[nH]c1=O. The molecule has 0 aliphatic rings. The van der Waals surface area contributed by atoms with Crippen molar-refractivity contribution < 1.29 is 5.11 Å². The second-order valence-corrected chi connectivity index (χ2v) is 4.21. The smallest absolute Gasteiger partial charge is 0.259 e. The Morgan fingerprint density at radius 3 is 2.69 bits per heavy atom. The molecule has 0 radical (unpaired) electrons. The molecule has 0 spiro atoms. The summed E-state index contributed by atoms with van der Waals surface area (Å²) in [5.74, 6) is 1.19. The molecule has 3 heteroatoms. The van der Waals surface area contributed by atoms with Gasteiger partial charge in [0.2, 0.25) is 0 Å². The number of hydrogen-bond acceptors (Lipinski definition) is 2. The monoisotopic (exact) mass is 216 g/mol. The molecule has 0 atom stereocenters. The fraction of sp³-hybridized carbons (Fsp3) is 0.231. The molecule has 0 saturated heterocycles. The molecule has 3 nitrogen and oxygen atoms in total. The third-order valence-electron chi connectivity index (χ3n) is 2.52. The Hall–Kier alpha value is -1.90. The number of fused-ring (bicyclic) bond motifs is 1. The van der Waals surface area contributed by atoms with Gasteiger partial charge in [-0.2, -0.15) is 0 Å². The topological polar surface area (TPSA) is 53.1 Å². The van der Waals surface area contributed by atoms with Gasteiger partial charge in [0.05, 0.1) is 25.3 Å². The molecule has 16 heavy (non-hydrogen) atoms. The maximum absolute atomic E-state index is 11.8. The predicted octanol–water partition coefficient (Wildman–Crippen LogP) is 2.39. The molecule has 0 bridgehead atoms. The lowest BCUT2D eigenvalue weighted by molar-refractivity contribution is 0.473. The van der Waals surface area contributed by atoms with Crippen LogP contribution in [0.5, 0.6) is 5.75 Å². The first kappa shape index (κ1) is 10.6. The zero-order chi connectivity index (χ0) is 11.7. The average Bonchev–Trinajstić information content (AvgIpc) is 2.24. The maximum Gasteiger partial charge on any atom is 0.259 e. The van der Waals surface area contributed by atoms with Gasteiger partial charge in [0.25, 0.3) is 5.56 Å². The number of benzene rings is 1. The molecule has 1 heterocycles. The van der Waals surface area contributed by atoms with Crippen molar-refractivity contribution in [2.45, 2.75) is 20.3 Å². The number of para-hydroxylation sites is 1. The van der Waals surface area contributed by atoms with Crippen LogP contribution in [0, 0.1) is 5.92 Å². The Kier molecular flexibility index (Phi) is 2.60. The number of hydrogen-bond donors (Lipinski definition) is 2. The standard InChI is InChI=1S/C13H13NO2/c1-8(2)7-10-12(15)9-5-3-4-6-11(9)14-13(10)16/h3-6H,7H2,1-2H3,(H-,14,15,16)/p+1. The van der Waals surface area contributed by atoms with E-state index < -0.39 is 0 Å². The number of nitrogens with one attached hydrogen (secondary N) is 1. The highest BCUT2D eigenvalue weighted by Crippen LogP contribution is 2.26. The molecule has 0 aliphatic carbocycles. The van der Waals surface area contributed by atoms with E-state index in [9.17, 15) is 9.90 Å². The molecule has 2 aromatic rings. The highest BCUT2D eigenvalue weighted by molar-refractivity contribution is 5.85. The van der Waals surface area contributed by atoms with Crippen molar-refractivity contribution in [1.82, 2.24) is 4.98 Å². The molecule has 2 N–H and O–H groups in total. The maximum atomic E-state index is 11.8. The fourth-order valence-electron chi connectivity index (χ4n) is 1.78. The van der Waals surface area contributed by atoms with Crippen molar-refractivity contribution in [2.75, 3.05) is 0 Å². The fourth-order valence-corrected chi connectivity index (χ4v) is 1.78. The highest BCUT2D eigenvalue weighted by atomic mass is 16.3. The Bertz CT molecular complexity index is 570. The van der Waals surface area contributed by atoms with Gasteiger partial charge in [0.15, 0.2) is 0 Å². The second-order valence-electron chi connectivity index (χ2n) is 4.21. The highest BCUT2D eigenvalue weighted by Gasteiger charge is 2.17. The number of H-pyrrole nitrogens is 1. The largest absolute Gasteiger partial charge is 0.507 e. The summed E-state index contributed by atoms with van der Waals surface area (Å²) in [6, 6.07) is 7.25. The Labute approximate surface area is 93.7 Å². The lowest BCUT2D eigenvalue weighted by Crippen LogP contribution is -2.14. The van der Waals surface area contributed by atoms with Gasteiger partial charge in [0.1, 0.15) is 17.7 Å². The van der Waals surface area contributed by atoms with Crippen LogP contribution in [0.2, 0.25) is 0 Å². The average molecular weight is 216 g/mol. The summed E-state index contributed by atoms with van der Waals surface area (Å²) >= 11 is 0. The van der Waals surface area contributed by atoms with Gasteiger partial charge in [0, 0.05) is 5.39 Å². The third-order valence-corrected chi connectivity index (χ3v) is 2.52. The summed E-state index contributed by atoms with van der Waals surface area (Å²) in [4.78, 5) is 14.5. The quantitative estimate of drug-likeness (QED) is 0.757. The Morgan fingerprint density at radius 1 is 1.31 bits per heavy atom. The minimum Gasteiger partial charge on any atom is -0.507 e. The van der Waals surface area contributed by atoms with Crippen LogP contribution in [-0.4, -0.2) is 10.1 Å². The van der Waals surface area contributed by atoms with E-state index in [4.69, 9.17) is 0 Å². The van der Waals surface area contributed by atoms with Crippen LogP contribution in [-0.2, 0) is 6.42 Å². The molecule has 0 unspecified atom stereocenters. The van der Waals surface area contributed by atoms with Crippen LogP contribution in [0.25, 0.3) is 10.9 Å². The van der Waals surface area contributed by atoms with Crippen LogP contribution >= 0.6 is 0 Å². The van der Waals surface area contributed by atoms with Crippen LogP contribution in [0.15, 0.2) is 29.1 Å². The van der Waals surface area contributed by atoms with E-state index in [1.54, 1.807) is 12.1 Å². The van der Waals surface area contributed by atoms with Gasteiger partial charge in [-0.05, 0) is 12.1 Å². The van der Waals surface area contributed by atoms with Crippen molar-refractivity contribution in [3.63, 3.8) is 0 Å². The van der Waals surface area contributed by atoms with Crippen molar-refractivity contribution in [1.29, 1.82) is 0 Å². The van der Waals surface area contributed by atoms with Gasteiger partial charge < -0.3 is 10.1 Å². The normalized spacial score (nSPS) is 10.6. The molecular formula is C13H14NO2+. The van der Waals surface area contributed by atoms with Crippen molar-refractivity contribution in [2.24, 2.45) is 0 Å². The van der Waals surface area contributed by atoms with Gasteiger partial charge in [-0.3, -0.25) is 4.79 Å². The van der Waals surface area contributed by atoms with Gasteiger partial charge in [-0.25, -0.2) is 0 Å². The minimum absolute atomic E-state index is 0.0977. The molecular weight excluding hydrogens is 202 g/mol. The lowest BCUT2D eigenvalue weighted by Gasteiger charge is -2.05.